The standard InChI is InChI=1S/C6H9F3O2.C4H11NO2/c1-2-3-4-11-5(10)6(7,8)9;1-3(6)5-4(2)7/h2-4H2,1H3;3-7H,1-2H3. The average molecular weight is 275 g/mol. The Bertz CT molecular complexity index is 214. The predicted molar refractivity (Wildman–Crippen MR) is 58.4 cm³/mol. The second kappa shape index (κ2) is 10.1. The molecule has 0 rings (SSSR count). The molecule has 0 saturated heterocycles. The maximum atomic E-state index is 11.4. The van der Waals surface area contributed by atoms with Crippen molar-refractivity contribution in [1.29, 1.82) is 0 Å². The van der Waals surface area contributed by atoms with Crippen LogP contribution in [-0.2, 0) is 9.53 Å². The van der Waals surface area contributed by atoms with Crippen LogP contribution in [0, 0.1) is 0 Å². The smallest absolute Gasteiger partial charge is 0.459 e. The Morgan fingerprint density at radius 2 is 1.72 bits per heavy atom. The average Bonchev–Trinajstić information content (AvgIpc) is 2.15. The fraction of sp³-hybridized carbons (Fsp3) is 0.900. The summed E-state index contributed by atoms with van der Waals surface area (Å²) in [5, 5.41) is 19.3. The van der Waals surface area contributed by atoms with Crippen molar-refractivity contribution in [3.8, 4) is 0 Å². The number of carbonyl (C=O) groups excluding carboxylic acids is 1. The lowest BCUT2D eigenvalue weighted by atomic mass is 10.4. The minimum Gasteiger partial charge on any atom is -0.459 e. The van der Waals surface area contributed by atoms with Crippen molar-refractivity contribution >= 4 is 5.97 Å². The molecule has 2 unspecified atom stereocenters. The number of aliphatic hydroxyl groups is 2. The van der Waals surface area contributed by atoms with Crippen LogP contribution in [0.4, 0.5) is 13.2 Å². The summed E-state index contributed by atoms with van der Waals surface area (Å²) in [5.41, 5.74) is 0. The molecule has 0 heterocycles. The van der Waals surface area contributed by atoms with E-state index >= 15 is 0 Å². The Kier molecular flexibility index (Phi) is 10.9. The summed E-state index contributed by atoms with van der Waals surface area (Å²) in [4.78, 5) is 9.99. The van der Waals surface area contributed by atoms with E-state index in [4.69, 9.17) is 10.2 Å². The van der Waals surface area contributed by atoms with Crippen LogP contribution in [0.25, 0.3) is 0 Å². The zero-order chi connectivity index (χ0) is 14.8. The van der Waals surface area contributed by atoms with Gasteiger partial charge in [0.15, 0.2) is 0 Å². The van der Waals surface area contributed by atoms with Crippen LogP contribution in [0.2, 0.25) is 0 Å². The first kappa shape index (κ1) is 19.5. The largest absolute Gasteiger partial charge is 0.490 e. The molecular weight excluding hydrogens is 255 g/mol. The minimum absolute atomic E-state index is 0.158. The van der Waals surface area contributed by atoms with Gasteiger partial charge in [-0.2, -0.15) is 13.2 Å². The Hall–Kier alpha value is -0.860. The van der Waals surface area contributed by atoms with Crippen molar-refractivity contribution in [2.45, 2.75) is 52.2 Å². The molecule has 0 bridgehead atoms. The molecule has 0 aromatic heterocycles. The summed E-state index contributed by atoms with van der Waals surface area (Å²) < 4.78 is 38.1. The Morgan fingerprint density at radius 3 is 1.94 bits per heavy atom. The van der Waals surface area contributed by atoms with Crippen LogP contribution < -0.4 is 5.32 Å². The maximum Gasteiger partial charge on any atom is 0.490 e. The second-order valence-electron chi connectivity index (χ2n) is 3.51. The molecule has 0 aliphatic carbocycles. The molecule has 8 heteroatoms. The number of aliphatic hydroxyl groups excluding tert-OH is 2. The van der Waals surface area contributed by atoms with E-state index in [1.807, 2.05) is 0 Å². The van der Waals surface area contributed by atoms with Crippen molar-refractivity contribution in [1.82, 2.24) is 5.32 Å². The highest BCUT2D eigenvalue weighted by Gasteiger charge is 2.40. The van der Waals surface area contributed by atoms with Crippen molar-refractivity contribution in [3.63, 3.8) is 0 Å². The normalized spacial score (nSPS) is 14.2. The molecule has 0 spiro atoms. The van der Waals surface area contributed by atoms with E-state index in [1.54, 1.807) is 20.8 Å². The molecule has 110 valence electrons. The van der Waals surface area contributed by atoms with Crippen LogP contribution in [0.5, 0.6) is 0 Å². The topological polar surface area (TPSA) is 78.8 Å². The van der Waals surface area contributed by atoms with Crippen LogP contribution in [0.3, 0.4) is 0 Å². The lowest BCUT2D eigenvalue weighted by Gasteiger charge is -2.08. The number of nitrogens with one attached hydrogen (secondary N) is 1. The molecule has 0 aromatic rings. The van der Waals surface area contributed by atoms with E-state index in [9.17, 15) is 18.0 Å². The summed E-state index contributed by atoms with van der Waals surface area (Å²) in [6, 6.07) is 0. The van der Waals surface area contributed by atoms with E-state index in [1.165, 1.54) is 0 Å². The number of ether oxygens (including phenoxy) is 1. The monoisotopic (exact) mass is 275 g/mol. The lowest BCUT2D eigenvalue weighted by molar-refractivity contribution is -0.199. The maximum absolute atomic E-state index is 11.4. The number of carbonyl (C=O) groups is 1. The molecule has 0 aliphatic rings. The second-order valence-corrected chi connectivity index (χ2v) is 3.51. The molecule has 18 heavy (non-hydrogen) atoms. The number of hydrogen-bond acceptors (Lipinski definition) is 5. The van der Waals surface area contributed by atoms with Gasteiger partial charge in [-0.25, -0.2) is 4.79 Å². The lowest BCUT2D eigenvalue weighted by Crippen LogP contribution is -2.33. The predicted octanol–water partition coefficient (Wildman–Crippen LogP) is 1.14. The van der Waals surface area contributed by atoms with Crippen LogP contribution in [-0.4, -0.2) is 41.4 Å². The van der Waals surface area contributed by atoms with Gasteiger partial charge >= 0.3 is 12.1 Å². The number of rotatable bonds is 5. The first-order valence-electron chi connectivity index (χ1n) is 5.47. The van der Waals surface area contributed by atoms with E-state index < -0.39 is 24.6 Å². The fourth-order valence-corrected chi connectivity index (χ4v) is 0.740. The highest BCUT2D eigenvalue weighted by molar-refractivity contribution is 5.75. The molecule has 5 nitrogen and oxygen atoms in total. The third-order valence-corrected chi connectivity index (χ3v) is 1.44. The number of hydrogen-bond donors (Lipinski definition) is 3. The summed E-state index contributed by atoms with van der Waals surface area (Å²) in [7, 11) is 0. The van der Waals surface area contributed by atoms with Gasteiger partial charge in [0.2, 0.25) is 0 Å². The van der Waals surface area contributed by atoms with Gasteiger partial charge in [-0.1, -0.05) is 13.3 Å². The molecule has 0 fully saturated rings. The molecule has 3 N–H and O–H groups in total. The van der Waals surface area contributed by atoms with Crippen LogP contribution in [0.1, 0.15) is 33.6 Å². The van der Waals surface area contributed by atoms with E-state index in [0.717, 1.165) is 0 Å². The van der Waals surface area contributed by atoms with Crippen LogP contribution >= 0.6 is 0 Å². The van der Waals surface area contributed by atoms with Crippen molar-refractivity contribution < 1.29 is 32.9 Å². The zero-order valence-electron chi connectivity index (χ0n) is 10.6. The van der Waals surface area contributed by atoms with Gasteiger partial charge in [-0.3, -0.25) is 5.32 Å². The first-order chi connectivity index (χ1) is 8.11. The third kappa shape index (κ3) is 15.1. The SMILES string of the molecule is CC(O)NC(C)O.CCCCOC(=O)C(F)(F)F. The Labute approximate surface area is 104 Å². The van der Waals surface area contributed by atoms with Gasteiger partial charge in [0.05, 0.1) is 6.61 Å². The number of esters is 1. The zero-order valence-corrected chi connectivity index (χ0v) is 10.6. The molecular formula is C10H20F3NO4. The highest BCUT2D eigenvalue weighted by atomic mass is 19.4. The third-order valence-electron chi connectivity index (χ3n) is 1.44. The van der Waals surface area contributed by atoms with Gasteiger partial charge in [0.1, 0.15) is 12.5 Å². The Balaban J connectivity index is 0. The van der Waals surface area contributed by atoms with Gasteiger partial charge in [0, 0.05) is 0 Å². The Morgan fingerprint density at radius 1 is 1.28 bits per heavy atom. The summed E-state index contributed by atoms with van der Waals surface area (Å²) >= 11 is 0. The molecule has 0 aliphatic heterocycles. The van der Waals surface area contributed by atoms with Crippen molar-refractivity contribution in [2.24, 2.45) is 0 Å². The number of alkyl halides is 3. The van der Waals surface area contributed by atoms with Crippen LogP contribution in [0.15, 0.2) is 0 Å². The number of unbranched alkanes of at least 4 members (excludes halogenated alkanes) is 1. The van der Waals surface area contributed by atoms with Crippen molar-refractivity contribution in [2.75, 3.05) is 6.61 Å². The van der Waals surface area contributed by atoms with E-state index in [-0.39, 0.29) is 6.61 Å². The van der Waals surface area contributed by atoms with Crippen molar-refractivity contribution in [3.05, 3.63) is 0 Å². The fourth-order valence-electron chi connectivity index (χ4n) is 0.740. The quantitative estimate of drug-likeness (QED) is 0.398. The highest BCUT2D eigenvalue weighted by Crippen LogP contribution is 2.16. The van der Waals surface area contributed by atoms with Gasteiger partial charge in [-0.15, -0.1) is 0 Å². The summed E-state index contributed by atoms with van der Waals surface area (Å²) in [5.74, 6) is -2.11. The van der Waals surface area contributed by atoms with E-state index in [0.29, 0.717) is 12.8 Å². The van der Waals surface area contributed by atoms with Gasteiger partial charge < -0.3 is 14.9 Å². The molecule has 2 atom stereocenters. The number of halogens is 3. The van der Waals surface area contributed by atoms with Gasteiger partial charge in [0.25, 0.3) is 0 Å². The molecule has 0 radical (unpaired) electrons. The summed E-state index contributed by atoms with van der Waals surface area (Å²) in [6.07, 6.45) is -4.94. The summed E-state index contributed by atoms with van der Waals surface area (Å²) in [6.45, 7) is 4.73. The van der Waals surface area contributed by atoms with E-state index in [2.05, 4.69) is 10.1 Å². The molecule has 0 aromatic carbocycles. The van der Waals surface area contributed by atoms with Gasteiger partial charge in [-0.05, 0) is 20.3 Å². The minimum atomic E-state index is -4.85. The first-order valence-corrected chi connectivity index (χ1v) is 5.47. The molecule has 0 saturated carbocycles. The molecule has 0 amide bonds.